The molecule has 2 aromatic heterocycles. The third-order valence-corrected chi connectivity index (χ3v) is 5.23. The third kappa shape index (κ3) is 3.82. The number of hydrogen-bond donors (Lipinski definition) is 0. The first kappa shape index (κ1) is 18.4. The quantitative estimate of drug-likeness (QED) is 0.478. The maximum Gasteiger partial charge on any atom is 0.287 e. The van der Waals surface area contributed by atoms with Crippen LogP contribution in [0.1, 0.15) is 5.56 Å². The van der Waals surface area contributed by atoms with Gasteiger partial charge in [-0.1, -0.05) is 17.7 Å². The zero-order chi connectivity index (χ0) is 19.5. The Bertz CT molecular complexity index is 968. The van der Waals surface area contributed by atoms with Crippen LogP contribution in [-0.4, -0.2) is 51.0 Å². The van der Waals surface area contributed by atoms with Crippen LogP contribution >= 0.6 is 11.8 Å². The lowest BCUT2D eigenvalue weighted by Crippen LogP contribution is -2.37. The standard InChI is InChI=1S/C18H18N6O3S/c1-13-2-4-14(5-3-13)23-17(22-8-10-27-11-9-22)20-21-18(23)28-16-7-6-15(12-19-16)24(25)26/h2-7,12H,8-11H2,1H3. The Morgan fingerprint density at radius 3 is 2.50 bits per heavy atom. The van der Waals surface area contributed by atoms with E-state index in [1.165, 1.54) is 24.0 Å². The molecule has 0 unspecified atom stereocenters. The molecule has 3 aromatic rings. The molecule has 4 rings (SSSR count). The summed E-state index contributed by atoms with van der Waals surface area (Å²) in [5.41, 5.74) is 2.07. The first-order valence-electron chi connectivity index (χ1n) is 8.75. The van der Waals surface area contributed by atoms with Crippen LogP contribution in [0.4, 0.5) is 11.6 Å². The lowest BCUT2D eigenvalue weighted by Gasteiger charge is -2.27. The van der Waals surface area contributed by atoms with Gasteiger partial charge in [0.05, 0.1) is 23.8 Å². The number of nitrogens with zero attached hydrogens (tertiary/aromatic N) is 6. The number of anilines is 1. The maximum absolute atomic E-state index is 10.8. The highest BCUT2D eigenvalue weighted by atomic mass is 32.2. The Labute approximate surface area is 165 Å². The zero-order valence-electron chi connectivity index (χ0n) is 15.2. The van der Waals surface area contributed by atoms with Gasteiger partial charge in [-0.05, 0) is 36.9 Å². The second kappa shape index (κ2) is 7.95. The lowest BCUT2D eigenvalue weighted by atomic mass is 10.2. The number of rotatable bonds is 5. The molecular formula is C18H18N6O3S. The highest BCUT2D eigenvalue weighted by Crippen LogP contribution is 2.31. The van der Waals surface area contributed by atoms with Crippen LogP contribution in [0, 0.1) is 17.0 Å². The Morgan fingerprint density at radius 1 is 1.11 bits per heavy atom. The van der Waals surface area contributed by atoms with Gasteiger partial charge in [-0.25, -0.2) is 4.98 Å². The molecule has 10 heteroatoms. The van der Waals surface area contributed by atoms with Gasteiger partial charge in [0.1, 0.15) is 11.2 Å². The van der Waals surface area contributed by atoms with Crippen molar-refractivity contribution in [1.82, 2.24) is 19.7 Å². The van der Waals surface area contributed by atoms with E-state index in [1.54, 1.807) is 6.07 Å². The number of aromatic nitrogens is 4. The summed E-state index contributed by atoms with van der Waals surface area (Å²) < 4.78 is 7.43. The van der Waals surface area contributed by atoms with Crippen LogP contribution < -0.4 is 4.90 Å². The molecule has 28 heavy (non-hydrogen) atoms. The summed E-state index contributed by atoms with van der Waals surface area (Å²) >= 11 is 1.32. The molecule has 0 amide bonds. The highest BCUT2D eigenvalue weighted by molar-refractivity contribution is 7.99. The first-order chi connectivity index (χ1) is 13.6. The SMILES string of the molecule is Cc1ccc(-n2c(Sc3ccc([N+](=O)[O-])cn3)nnc2N2CCOCC2)cc1. The van der Waals surface area contributed by atoms with Gasteiger partial charge < -0.3 is 9.64 Å². The summed E-state index contributed by atoms with van der Waals surface area (Å²) in [5.74, 6) is 0.747. The molecule has 1 saturated heterocycles. The van der Waals surface area contributed by atoms with E-state index in [-0.39, 0.29) is 5.69 Å². The Kier molecular flexibility index (Phi) is 5.22. The van der Waals surface area contributed by atoms with Crippen molar-refractivity contribution in [3.05, 3.63) is 58.3 Å². The second-order valence-corrected chi connectivity index (χ2v) is 7.25. The largest absolute Gasteiger partial charge is 0.378 e. The van der Waals surface area contributed by atoms with Crippen LogP contribution in [0.25, 0.3) is 5.69 Å². The summed E-state index contributed by atoms with van der Waals surface area (Å²) in [4.78, 5) is 16.7. The van der Waals surface area contributed by atoms with Crippen LogP contribution in [-0.2, 0) is 4.74 Å². The second-order valence-electron chi connectivity index (χ2n) is 6.27. The number of aryl methyl sites for hydroxylation is 1. The topological polar surface area (TPSA) is 99.2 Å². The molecule has 0 bridgehead atoms. The first-order valence-corrected chi connectivity index (χ1v) is 9.57. The monoisotopic (exact) mass is 398 g/mol. The van der Waals surface area contributed by atoms with Gasteiger partial charge in [-0.15, -0.1) is 10.2 Å². The van der Waals surface area contributed by atoms with Crippen molar-refractivity contribution in [2.45, 2.75) is 17.1 Å². The van der Waals surface area contributed by atoms with Gasteiger partial charge in [0, 0.05) is 19.2 Å². The Balaban J connectivity index is 1.70. The number of ether oxygens (including phenoxy) is 1. The smallest absolute Gasteiger partial charge is 0.287 e. The van der Waals surface area contributed by atoms with Gasteiger partial charge >= 0.3 is 0 Å². The molecule has 0 N–H and O–H groups in total. The average Bonchev–Trinajstić information content (AvgIpc) is 3.13. The van der Waals surface area contributed by atoms with E-state index in [2.05, 4.69) is 20.1 Å². The summed E-state index contributed by atoms with van der Waals surface area (Å²) in [6.45, 7) is 4.81. The summed E-state index contributed by atoms with van der Waals surface area (Å²) in [6, 6.07) is 11.2. The van der Waals surface area contributed by atoms with Crippen LogP contribution in [0.5, 0.6) is 0 Å². The fourth-order valence-electron chi connectivity index (χ4n) is 2.85. The van der Waals surface area contributed by atoms with Crippen LogP contribution in [0.2, 0.25) is 0 Å². The highest BCUT2D eigenvalue weighted by Gasteiger charge is 2.22. The van der Waals surface area contributed by atoms with Crippen molar-refractivity contribution in [1.29, 1.82) is 0 Å². The summed E-state index contributed by atoms with van der Waals surface area (Å²) in [6.07, 6.45) is 1.25. The molecule has 1 aliphatic heterocycles. The number of morpholine rings is 1. The van der Waals surface area contributed by atoms with Gasteiger partial charge in [0.25, 0.3) is 5.69 Å². The van der Waals surface area contributed by atoms with Gasteiger partial charge in [-0.3, -0.25) is 14.7 Å². The molecule has 1 aliphatic rings. The normalized spacial score (nSPS) is 14.2. The number of nitro groups is 1. The van der Waals surface area contributed by atoms with Crippen molar-refractivity contribution in [2.24, 2.45) is 0 Å². The predicted molar refractivity (Wildman–Crippen MR) is 104 cm³/mol. The Hall–Kier alpha value is -2.98. The van der Waals surface area contributed by atoms with Gasteiger partial charge in [0.15, 0.2) is 0 Å². The molecule has 0 aliphatic carbocycles. The third-order valence-electron chi connectivity index (χ3n) is 4.33. The van der Waals surface area contributed by atoms with Crippen molar-refractivity contribution >= 4 is 23.4 Å². The van der Waals surface area contributed by atoms with Crippen molar-refractivity contribution in [3.8, 4) is 5.69 Å². The number of pyridine rings is 1. The maximum atomic E-state index is 10.8. The average molecular weight is 398 g/mol. The van der Waals surface area contributed by atoms with Crippen molar-refractivity contribution < 1.29 is 9.66 Å². The molecular weight excluding hydrogens is 380 g/mol. The number of benzene rings is 1. The fourth-order valence-corrected chi connectivity index (χ4v) is 3.64. The van der Waals surface area contributed by atoms with Gasteiger partial charge in [-0.2, -0.15) is 0 Å². The minimum absolute atomic E-state index is 0.0432. The van der Waals surface area contributed by atoms with Gasteiger partial charge in [0.2, 0.25) is 11.1 Å². The summed E-state index contributed by atoms with van der Waals surface area (Å²) in [7, 11) is 0. The predicted octanol–water partition coefficient (Wildman–Crippen LogP) is 2.87. The van der Waals surface area contributed by atoms with Crippen molar-refractivity contribution in [2.75, 3.05) is 31.2 Å². The summed E-state index contributed by atoms with van der Waals surface area (Å²) in [5, 5.41) is 20.9. The zero-order valence-corrected chi connectivity index (χ0v) is 16.0. The minimum atomic E-state index is -0.465. The fraction of sp³-hybridized carbons (Fsp3) is 0.278. The van der Waals surface area contributed by atoms with E-state index in [9.17, 15) is 10.1 Å². The molecule has 0 radical (unpaired) electrons. The van der Waals surface area contributed by atoms with E-state index >= 15 is 0 Å². The van der Waals surface area contributed by atoms with Crippen LogP contribution in [0.3, 0.4) is 0 Å². The van der Waals surface area contributed by atoms with E-state index in [0.717, 1.165) is 30.3 Å². The van der Waals surface area contributed by atoms with E-state index in [0.29, 0.717) is 23.4 Å². The van der Waals surface area contributed by atoms with Crippen molar-refractivity contribution in [3.63, 3.8) is 0 Å². The number of hydrogen-bond acceptors (Lipinski definition) is 8. The van der Waals surface area contributed by atoms with E-state index < -0.39 is 4.92 Å². The molecule has 0 spiro atoms. The Morgan fingerprint density at radius 2 is 1.86 bits per heavy atom. The molecule has 1 aromatic carbocycles. The van der Waals surface area contributed by atoms with E-state index in [1.807, 2.05) is 35.8 Å². The van der Waals surface area contributed by atoms with Crippen LogP contribution in [0.15, 0.2) is 52.8 Å². The molecule has 0 saturated carbocycles. The minimum Gasteiger partial charge on any atom is -0.378 e. The molecule has 0 atom stereocenters. The molecule has 9 nitrogen and oxygen atoms in total. The van der Waals surface area contributed by atoms with E-state index in [4.69, 9.17) is 4.74 Å². The molecule has 1 fully saturated rings. The molecule has 3 heterocycles. The lowest BCUT2D eigenvalue weighted by molar-refractivity contribution is -0.385. The molecule has 144 valence electrons.